The number of hydrogen-bond acceptors (Lipinski definition) is 9. The Morgan fingerprint density at radius 1 is 1.21 bits per heavy atom. The van der Waals surface area contributed by atoms with Gasteiger partial charge in [0.05, 0.1) is 19.1 Å². The highest BCUT2D eigenvalue weighted by molar-refractivity contribution is 8.18. The molecule has 0 spiro atoms. The minimum atomic E-state index is -0.527. The van der Waals surface area contributed by atoms with Crippen LogP contribution in [0.3, 0.4) is 0 Å². The molecule has 0 saturated carbocycles. The molecule has 1 aromatic rings. The number of carbonyl (C=O) groups is 3. The molecule has 2 fully saturated rings. The zero-order chi connectivity index (χ0) is 24.9. The standard InChI is InChI=1S/C23H32N4O6S/c1-23(2,3)33-21(29)25-8-7-24-15-6-9-27(13-15)16-12-18(32-5)17(31-4)10-14(16)11-19-20(28)26-22(30)34-19/h10-12,15,24H,6-9,13H2,1-5H3,(H,25,29)(H,26,28,30)/b19-11+. The van der Waals surface area contributed by atoms with Gasteiger partial charge in [-0.05, 0) is 51.1 Å². The summed E-state index contributed by atoms with van der Waals surface area (Å²) in [5.41, 5.74) is 1.12. The van der Waals surface area contributed by atoms with Crippen LogP contribution in [0.5, 0.6) is 11.5 Å². The summed E-state index contributed by atoms with van der Waals surface area (Å²) in [6, 6.07) is 3.92. The SMILES string of the molecule is COc1cc(/C=C2/SC(=O)NC2=O)c(N2CCC(NCCNC(=O)OC(C)(C)C)C2)cc1OC. The maximum absolute atomic E-state index is 12.1. The van der Waals surface area contributed by atoms with E-state index < -0.39 is 17.6 Å². The van der Waals surface area contributed by atoms with Crippen LogP contribution in [0.15, 0.2) is 17.0 Å². The van der Waals surface area contributed by atoms with Crippen molar-refractivity contribution in [3.63, 3.8) is 0 Å². The number of hydrogen-bond donors (Lipinski definition) is 3. The molecule has 186 valence electrons. The van der Waals surface area contributed by atoms with Crippen molar-refractivity contribution in [3.8, 4) is 11.5 Å². The Balaban J connectivity index is 1.67. The first kappa shape index (κ1) is 25.7. The van der Waals surface area contributed by atoms with Crippen molar-refractivity contribution < 1.29 is 28.6 Å². The topological polar surface area (TPSA) is 118 Å². The molecular weight excluding hydrogens is 460 g/mol. The molecule has 34 heavy (non-hydrogen) atoms. The predicted octanol–water partition coefficient (Wildman–Crippen LogP) is 2.72. The van der Waals surface area contributed by atoms with Crippen molar-refractivity contribution in [3.05, 3.63) is 22.6 Å². The van der Waals surface area contributed by atoms with E-state index in [0.29, 0.717) is 29.5 Å². The normalized spacial score (nSPS) is 19.4. The molecule has 0 bridgehead atoms. The van der Waals surface area contributed by atoms with E-state index in [1.807, 2.05) is 32.9 Å². The smallest absolute Gasteiger partial charge is 0.407 e. The third-order valence-corrected chi connectivity index (χ3v) is 6.03. The van der Waals surface area contributed by atoms with E-state index in [2.05, 4.69) is 20.9 Å². The first-order valence-electron chi connectivity index (χ1n) is 11.1. The number of amides is 3. The van der Waals surface area contributed by atoms with Gasteiger partial charge in [0, 0.05) is 49.5 Å². The van der Waals surface area contributed by atoms with E-state index in [-0.39, 0.29) is 11.3 Å². The number of nitrogens with one attached hydrogen (secondary N) is 3. The Morgan fingerprint density at radius 3 is 2.53 bits per heavy atom. The van der Waals surface area contributed by atoms with Crippen LogP contribution < -0.4 is 30.3 Å². The molecule has 3 rings (SSSR count). The highest BCUT2D eigenvalue weighted by atomic mass is 32.2. The molecule has 1 unspecified atom stereocenters. The van der Waals surface area contributed by atoms with Gasteiger partial charge >= 0.3 is 6.09 Å². The quantitative estimate of drug-likeness (QED) is 0.372. The Morgan fingerprint density at radius 2 is 1.91 bits per heavy atom. The molecule has 2 aliphatic rings. The highest BCUT2D eigenvalue weighted by Crippen LogP contribution is 2.39. The summed E-state index contributed by atoms with van der Waals surface area (Å²) in [4.78, 5) is 38.0. The van der Waals surface area contributed by atoms with Crippen molar-refractivity contribution in [1.29, 1.82) is 0 Å². The van der Waals surface area contributed by atoms with E-state index in [9.17, 15) is 14.4 Å². The van der Waals surface area contributed by atoms with E-state index >= 15 is 0 Å². The maximum Gasteiger partial charge on any atom is 0.407 e. The van der Waals surface area contributed by atoms with E-state index in [1.54, 1.807) is 20.3 Å². The molecule has 10 nitrogen and oxygen atoms in total. The van der Waals surface area contributed by atoms with Crippen molar-refractivity contribution >= 4 is 40.8 Å². The predicted molar refractivity (Wildman–Crippen MR) is 132 cm³/mol. The van der Waals surface area contributed by atoms with Crippen LogP contribution in [0, 0.1) is 0 Å². The van der Waals surface area contributed by atoms with Gasteiger partial charge in [-0.2, -0.15) is 0 Å². The van der Waals surface area contributed by atoms with Gasteiger partial charge in [0.1, 0.15) is 5.60 Å². The summed E-state index contributed by atoms with van der Waals surface area (Å²) in [7, 11) is 3.13. The number of carbonyl (C=O) groups excluding carboxylic acids is 3. The van der Waals surface area contributed by atoms with Crippen LogP contribution in [-0.2, 0) is 9.53 Å². The Labute approximate surface area is 203 Å². The first-order chi connectivity index (χ1) is 16.1. The molecule has 2 saturated heterocycles. The second-order valence-corrected chi connectivity index (χ2v) is 9.95. The molecule has 2 heterocycles. The molecule has 11 heteroatoms. The minimum Gasteiger partial charge on any atom is -0.493 e. The van der Waals surface area contributed by atoms with Gasteiger partial charge in [0.15, 0.2) is 11.5 Å². The lowest BCUT2D eigenvalue weighted by Crippen LogP contribution is -2.40. The molecule has 0 radical (unpaired) electrons. The fourth-order valence-electron chi connectivity index (χ4n) is 3.74. The summed E-state index contributed by atoms with van der Waals surface area (Å²) < 4.78 is 16.2. The van der Waals surface area contributed by atoms with Gasteiger partial charge in [-0.1, -0.05) is 0 Å². The van der Waals surface area contributed by atoms with Crippen LogP contribution in [0.25, 0.3) is 6.08 Å². The van der Waals surface area contributed by atoms with Crippen molar-refractivity contribution in [2.24, 2.45) is 0 Å². The molecule has 3 N–H and O–H groups in total. The zero-order valence-corrected chi connectivity index (χ0v) is 21.0. The molecular formula is C23H32N4O6S. The van der Waals surface area contributed by atoms with Gasteiger partial charge in [-0.3, -0.25) is 14.9 Å². The summed E-state index contributed by atoms with van der Waals surface area (Å²) in [6.45, 7) is 8.07. The lowest BCUT2D eigenvalue weighted by Gasteiger charge is -2.23. The average molecular weight is 493 g/mol. The van der Waals surface area contributed by atoms with Crippen LogP contribution in [0.4, 0.5) is 15.3 Å². The van der Waals surface area contributed by atoms with E-state index in [0.717, 1.165) is 42.5 Å². The van der Waals surface area contributed by atoms with Crippen molar-refractivity contribution in [2.75, 3.05) is 45.3 Å². The number of anilines is 1. The second-order valence-electron chi connectivity index (χ2n) is 8.93. The van der Waals surface area contributed by atoms with Crippen LogP contribution in [0.1, 0.15) is 32.8 Å². The van der Waals surface area contributed by atoms with E-state index in [4.69, 9.17) is 14.2 Å². The van der Waals surface area contributed by atoms with E-state index in [1.165, 1.54) is 0 Å². The Kier molecular flexibility index (Phi) is 8.32. The Bertz CT molecular complexity index is 975. The number of rotatable bonds is 8. The lowest BCUT2D eigenvalue weighted by atomic mass is 10.1. The maximum atomic E-state index is 12.1. The molecule has 0 aliphatic carbocycles. The lowest BCUT2D eigenvalue weighted by molar-refractivity contribution is -0.115. The Hall–Kier alpha value is -2.92. The minimum absolute atomic E-state index is 0.222. The number of methoxy groups -OCH3 is 2. The van der Waals surface area contributed by atoms with Crippen LogP contribution in [-0.4, -0.2) is 69.3 Å². The molecule has 2 aliphatic heterocycles. The number of imide groups is 1. The number of alkyl carbamates (subject to hydrolysis) is 1. The van der Waals surface area contributed by atoms with Crippen LogP contribution in [0.2, 0.25) is 0 Å². The third-order valence-electron chi connectivity index (χ3n) is 5.22. The first-order valence-corrected chi connectivity index (χ1v) is 11.9. The van der Waals surface area contributed by atoms with Gasteiger partial charge in [0.25, 0.3) is 11.1 Å². The summed E-state index contributed by atoms with van der Waals surface area (Å²) in [5, 5.41) is 8.10. The van der Waals surface area contributed by atoms with Gasteiger partial charge < -0.3 is 29.7 Å². The highest BCUT2D eigenvalue weighted by Gasteiger charge is 2.28. The number of nitrogens with zero attached hydrogens (tertiary/aromatic N) is 1. The molecule has 1 atom stereocenters. The van der Waals surface area contributed by atoms with Crippen molar-refractivity contribution in [1.82, 2.24) is 16.0 Å². The number of benzene rings is 1. The third kappa shape index (κ3) is 6.80. The average Bonchev–Trinajstić information content (AvgIpc) is 3.35. The number of thioether (sulfide) groups is 1. The fourth-order valence-corrected chi connectivity index (χ4v) is 4.41. The molecule has 3 amide bonds. The van der Waals surface area contributed by atoms with Gasteiger partial charge in [-0.15, -0.1) is 0 Å². The fraction of sp³-hybridized carbons (Fsp3) is 0.522. The summed E-state index contributed by atoms with van der Waals surface area (Å²) in [6.07, 6.45) is 2.18. The summed E-state index contributed by atoms with van der Waals surface area (Å²) >= 11 is 0.877. The zero-order valence-electron chi connectivity index (χ0n) is 20.1. The second kappa shape index (κ2) is 11.0. The van der Waals surface area contributed by atoms with Gasteiger partial charge in [-0.25, -0.2) is 4.79 Å². The number of ether oxygens (including phenoxy) is 3. The summed E-state index contributed by atoms with van der Waals surface area (Å²) in [5.74, 6) is 0.710. The van der Waals surface area contributed by atoms with Crippen LogP contribution >= 0.6 is 11.8 Å². The van der Waals surface area contributed by atoms with Gasteiger partial charge in [0.2, 0.25) is 0 Å². The monoisotopic (exact) mass is 492 g/mol. The largest absolute Gasteiger partial charge is 0.493 e. The molecule has 1 aromatic carbocycles. The van der Waals surface area contributed by atoms with Crippen molar-refractivity contribution in [2.45, 2.75) is 38.8 Å². The molecule has 0 aromatic heterocycles.